The van der Waals surface area contributed by atoms with Gasteiger partial charge in [-0.2, -0.15) is 13.2 Å². The van der Waals surface area contributed by atoms with Crippen LogP contribution in [0.3, 0.4) is 0 Å². The lowest BCUT2D eigenvalue weighted by molar-refractivity contribution is -0.205. The Balaban J connectivity index is 2.43. The number of carbonyl (C=O) groups excluding carboxylic acids is 1. The molecule has 0 aliphatic carbocycles. The number of alkyl halides is 3. The second kappa shape index (κ2) is 5.86. The van der Waals surface area contributed by atoms with E-state index in [4.69, 9.17) is 5.11 Å². The van der Waals surface area contributed by atoms with E-state index in [9.17, 15) is 18.0 Å². The highest BCUT2D eigenvalue weighted by Crippen LogP contribution is 2.23. The van der Waals surface area contributed by atoms with Crippen molar-refractivity contribution in [2.24, 2.45) is 0 Å². The SMILES string of the molecule is Cc1cccc(NC(=O)CC[C@@H](O)C(F)(F)F)c1. The summed E-state index contributed by atoms with van der Waals surface area (Å²) in [7, 11) is 0. The van der Waals surface area contributed by atoms with Crippen molar-refractivity contribution in [3.05, 3.63) is 29.8 Å². The molecule has 0 spiro atoms. The Labute approximate surface area is 103 Å². The van der Waals surface area contributed by atoms with Gasteiger partial charge in [-0.3, -0.25) is 4.79 Å². The van der Waals surface area contributed by atoms with Gasteiger partial charge < -0.3 is 10.4 Å². The Morgan fingerprint density at radius 2 is 2.11 bits per heavy atom. The molecular formula is C12H14F3NO2. The fourth-order valence-corrected chi connectivity index (χ4v) is 1.38. The molecule has 0 heterocycles. The molecule has 0 bridgehead atoms. The molecule has 2 N–H and O–H groups in total. The number of aryl methyl sites for hydroxylation is 1. The minimum atomic E-state index is -4.68. The van der Waals surface area contributed by atoms with Gasteiger partial charge in [0.05, 0.1) is 0 Å². The van der Waals surface area contributed by atoms with Crippen LogP contribution in [-0.4, -0.2) is 23.3 Å². The number of aliphatic hydroxyl groups is 1. The standard InChI is InChI=1S/C12H14F3NO2/c1-8-3-2-4-9(7-8)16-11(18)6-5-10(17)12(13,14)15/h2-4,7,10,17H,5-6H2,1H3,(H,16,18)/t10-/m1/s1. The van der Waals surface area contributed by atoms with E-state index in [1.165, 1.54) is 0 Å². The van der Waals surface area contributed by atoms with E-state index in [0.29, 0.717) is 5.69 Å². The van der Waals surface area contributed by atoms with E-state index < -0.39 is 24.6 Å². The van der Waals surface area contributed by atoms with Crippen LogP contribution in [0, 0.1) is 6.92 Å². The maximum Gasteiger partial charge on any atom is 0.414 e. The molecule has 18 heavy (non-hydrogen) atoms. The molecule has 0 aliphatic rings. The van der Waals surface area contributed by atoms with Crippen molar-refractivity contribution >= 4 is 11.6 Å². The number of hydrogen-bond donors (Lipinski definition) is 2. The van der Waals surface area contributed by atoms with Gasteiger partial charge in [0.25, 0.3) is 0 Å². The van der Waals surface area contributed by atoms with Crippen molar-refractivity contribution in [2.45, 2.75) is 32.0 Å². The highest BCUT2D eigenvalue weighted by Gasteiger charge is 2.37. The molecule has 100 valence electrons. The molecule has 0 aliphatic heterocycles. The second-order valence-electron chi connectivity index (χ2n) is 4.01. The van der Waals surface area contributed by atoms with Crippen LogP contribution in [-0.2, 0) is 4.79 Å². The molecular weight excluding hydrogens is 247 g/mol. The minimum absolute atomic E-state index is 0.380. The van der Waals surface area contributed by atoms with Gasteiger partial charge in [0.2, 0.25) is 5.91 Å². The van der Waals surface area contributed by atoms with E-state index in [-0.39, 0.29) is 6.42 Å². The van der Waals surface area contributed by atoms with Crippen molar-refractivity contribution in [1.82, 2.24) is 0 Å². The van der Waals surface area contributed by atoms with Gasteiger partial charge in [0.15, 0.2) is 0 Å². The Morgan fingerprint density at radius 1 is 1.44 bits per heavy atom. The molecule has 0 unspecified atom stereocenters. The Hall–Kier alpha value is -1.56. The number of anilines is 1. The van der Waals surface area contributed by atoms with E-state index in [1.807, 2.05) is 13.0 Å². The number of nitrogens with one attached hydrogen (secondary N) is 1. The zero-order chi connectivity index (χ0) is 13.8. The topological polar surface area (TPSA) is 49.3 Å². The summed E-state index contributed by atoms with van der Waals surface area (Å²) in [6.45, 7) is 1.84. The third-order valence-corrected chi connectivity index (χ3v) is 2.32. The van der Waals surface area contributed by atoms with Crippen LogP contribution >= 0.6 is 0 Å². The molecule has 1 amide bonds. The third kappa shape index (κ3) is 4.75. The van der Waals surface area contributed by atoms with Crippen LogP contribution in [0.2, 0.25) is 0 Å². The zero-order valence-corrected chi connectivity index (χ0v) is 9.79. The lowest BCUT2D eigenvalue weighted by Crippen LogP contribution is -2.29. The minimum Gasteiger partial charge on any atom is -0.384 e. The van der Waals surface area contributed by atoms with Gasteiger partial charge in [-0.25, -0.2) is 0 Å². The van der Waals surface area contributed by atoms with Gasteiger partial charge in [-0.05, 0) is 31.0 Å². The normalized spacial score (nSPS) is 13.2. The highest BCUT2D eigenvalue weighted by atomic mass is 19.4. The molecule has 0 aromatic heterocycles. The third-order valence-electron chi connectivity index (χ3n) is 2.32. The summed E-state index contributed by atoms with van der Waals surface area (Å²) in [5.41, 5.74) is 1.46. The van der Waals surface area contributed by atoms with Crippen molar-refractivity contribution < 1.29 is 23.1 Å². The van der Waals surface area contributed by atoms with Gasteiger partial charge in [-0.1, -0.05) is 12.1 Å². The fraction of sp³-hybridized carbons (Fsp3) is 0.417. The molecule has 3 nitrogen and oxygen atoms in total. The largest absolute Gasteiger partial charge is 0.414 e. The fourth-order valence-electron chi connectivity index (χ4n) is 1.38. The summed E-state index contributed by atoms with van der Waals surface area (Å²) in [5, 5.41) is 11.2. The lowest BCUT2D eigenvalue weighted by Gasteiger charge is -2.14. The van der Waals surface area contributed by atoms with Gasteiger partial charge in [0, 0.05) is 12.1 Å². The molecule has 0 saturated carbocycles. The molecule has 0 saturated heterocycles. The van der Waals surface area contributed by atoms with Crippen LogP contribution < -0.4 is 5.32 Å². The number of benzene rings is 1. The van der Waals surface area contributed by atoms with E-state index >= 15 is 0 Å². The van der Waals surface area contributed by atoms with Crippen LogP contribution in [0.1, 0.15) is 18.4 Å². The summed E-state index contributed by atoms with van der Waals surface area (Å²) < 4.78 is 36.0. The first kappa shape index (κ1) is 14.5. The molecule has 1 aromatic carbocycles. The van der Waals surface area contributed by atoms with Crippen LogP contribution in [0.15, 0.2) is 24.3 Å². The summed E-state index contributed by atoms with van der Waals surface area (Å²) in [5.74, 6) is -0.552. The molecule has 1 rings (SSSR count). The van der Waals surface area contributed by atoms with Crippen LogP contribution in [0.25, 0.3) is 0 Å². The van der Waals surface area contributed by atoms with Crippen molar-refractivity contribution in [2.75, 3.05) is 5.32 Å². The maximum absolute atomic E-state index is 12.0. The molecule has 1 aromatic rings. The van der Waals surface area contributed by atoms with Crippen molar-refractivity contribution in [3.8, 4) is 0 Å². The maximum atomic E-state index is 12.0. The zero-order valence-electron chi connectivity index (χ0n) is 9.79. The summed E-state index contributed by atoms with van der Waals surface area (Å²) in [6.07, 6.45) is -8.15. The highest BCUT2D eigenvalue weighted by molar-refractivity contribution is 5.90. The lowest BCUT2D eigenvalue weighted by atomic mass is 10.1. The predicted octanol–water partition coefficient (Wildman–Crippen LogP) is 2.64. The molecule has 0 fully saturated rings. The summed E-state index contributed by atoms with van der Waals surface area (Å²) >= 11 is 0. The molecule has 1 atom stereocenters. The first-order chi connectivity index (χ1) is 8.29. The Bertz CT molecular complexity index is 418. The van der Waals surface area contributed by atoms with Gasteiger partial charge >= 0.3 is 6.18 Å². The average molecular weight is 261 g/mol. The van der Waals surface area contributed by atoms with E-state index in [0.717, 1.165) is 5.56 Å². The van der Waals surface area contributed by atoms with Crippen LogP contribution in [0.4, 0.5) is 18.9 Å². The Morgan fingerprint density at radius 3 is 2.67 bits per heavy atom. The van der Waals surface area contributed by atoms with E-state index in [2.05, 4.69) is 5.32 Å². The number of hydrogen-bond acceptors (Lipinski definition) is 2. The van der Waals surface area contributed by atoms with Crippen molar-refractivity contribution in [3.63, 3.8) is 0 Å². The predicted molar refractivity (Wildman–Crippen MR) is 61.1 cm³/mol. The second-order valence-corrected chi connectivity index (χ2v) is 4.01. The van der Waals surface area contributed by atoms with Crippen LogP contribution in [0.5, 0.6) is 0 Å². The summed E-state index contributed by atoms with van der Waals surface area (Å²) in [4.78, 5) is 11.4. The first-order valence-corrected chi connectivity index (χ1v) is 5.40. The number of rotatable bonds is 4. The number of halogens is 3. The van der Waals surface area contributed by atoms with Gasteiger partial charge in [0.1, 0.15) is 6.10 Å². The quantitative estimate of drug-likeness (QED) is 0.875. The van der Waals surface area contributed by atoms with Gasteiger partial charge in [-0.15, -0.1) is 0 Å². The smallest absolute Gasteiger partial charge is 0.384 e. The molecule has 6 heteroatoms. The number of carbonyl (C=O) groups is 1. The molecule has 0 radical (unpaired) electrons. The number of aliphatic hydroxyl groups excluding tert-OH is 1. The Kier molecular flexibility index (Phi) is 4.72. The monoisotopic (exact) mass is 261 g/mol. The van der Waals surface area contributed by atoms with E-state index in [1.54, 1.807) is 18.2 Å². The average Bonchev–Trinajstić information content (AvgIpc) is 2.24. The first-order valence-electron chi connectivity index (χ1n) is 5.40. The summed E-state index contributed by atoms with van der Waals surface area (Å²) in [6, 6.07) is 6.92. The number of amides is 1. The van der Waals surface area contributed by atoms with Crippen molar-refractivity contribution in [1.29, 1.82) is 0 Å².